The van der Waals surface area contributed by atoms with Crippen LogP contribution in [0.15, 0.2) is 12.1 Å². The molecular formula is C26H44FNO6. The fourth-order valence-corrected chi connectivity index (χ4v) is 3.78. The summed E-state index contributed by atoms with van der Waals surface area (Å²) in [4.78, 5) is 3.92. The van der Waals surface area contributed by atoms with Gasteiger partial charge in [-0.3, -0.25) is 0 Å². The molecule has 1 aromatic heterocycles. The topological polar surface area (TPSA) is 79.3 Å². The molecular weight excluding hydrogens is 441 g/mol. The lowest BCUT2D eigenvalue weighted by atomic mass is 9.98. The smallest absolute Gasteiger partial charge is 0.227 e. The van der Waals surface area contributed by atoms with E-state index in [0.717, 1.165) is 51.4 Å². The van der Waals surface area contributed by atoms with Crippen molar-refractivity contribution in [2.75, 3.05) is 33.0 Å². The van der Waals surface area contributed by atoms with E-state index >= 15 is 4.39 Å². The van der Waals surface area contributed by atoms with E-state index in [0.29, 0.717) is 26.4 Å². The Hall–Kier alpha value is -1.32. The lowest BCUT2D eigenvalue weighted by molar-refractivity contribution is -0.252. The van der Waals surface area contributed by atoms with E-state index in [4.69, 9.17) is 23.7 Å². The molecule has 1 saturated heterocycles. The van der Waals surface area contributed by atoms with Gasteiger partial charge in [0.15, 0.2) is 0 Å². The van der Waals surface area contributed by atoms with Crippen molar-refractivity contribution < 1.29 is 33.2 Å². The number of pyridine rings is 1. The number of hydrogen-bond acceptors (Lipinski definition) is 7. The standard InChI is InChI=1S/C26H44FNO6/c1-5-9-15-30-19-21-23(32-17-11-7-3)24(33-18-12-8-4)26(29,34-21)20-13-14-22(28-25(20)27)31-16-10-6-2/h13-14,21,23-24,29H,5-12,15-19H2,1-4H3/t21-,23?,24+,26?/m1/s1. The molecule has 1 N–H and O–H groups in total. The number of aromatic nitrogens is 1. The van der Waals surface area contributed by atoms with Gasteiger partial charge in [-0.05, 0) is 31.7 Å². The minimum absolute atomic E-state index is 0.0861. The van der Waals surface area contributed by atoms with Gasteiger partial charge in [-0.2, -0.15) is 9.37 Å². The van der Waals surface area contributed by atoms with E-state index in [2.05, 4.69) is 25.8 Å². The van der Waals surface area contributed by atoms with Gasteiger partial charge in [-0.25, -0.2) is 0 Å². The Balaban J connectivity index is 2.30. The Kier molecular flexibility index (Phi) is 13.3. The second kappa shape index (κ2) is 15.6. The van der Waals surface area contributed by atoms with E-state index in [1.54, 1.807) is 6.07 Å². The van der Waals surface area contributed by atoms with Crippen molar-refractivity contribution in [2.24, 2.45) is 0 Å². The van der Waals surface area contributed by atoms with Gasteiger partial charge in [0.2, 0.25) is 17.6 Å². The van der Waals surface area contributed by atoms with Gasteiger partial charge in [0.25, 0.3) is 0 Å². The number of halogens is 1. The average Bonchev–Trinajstić information content (AvgIpc) is 3.09. The SMILES string of the molecule is CCCCOC[C@H]1OC(O)(c2ccc(OCCCC)nc2F)[C@@H](OCCCC)C1OCCCC. The first-order valence-electron chi connectivity index (χ1n) is 13.0. The summed E-state index contributed by atoms with van der Waals surface area (Å²) in [6.45, 7) is 10.4. The lowest BCUT2D eigenvalue weighted by Crippen LogP contribution is -2.45. The van der Waals surface area contributed by atoms with Crippen LogP contribution in [0.4, 0.5) is 4.39 Å². The Bertz CT molecular complexity index is 693. The molecule has 0 amide bonds. The number of unbranched alkanes of at least 4 members (excludes halogenated alkanes) is 4. The molecule has 1 aliphatic heterocycles. The lowest BCUT2D eigenvalue weighted by Gasteiger charge is -2.31. The Morgan fingerprint density at radius 1 is 0.912 bits per heavy atom. The molecule has 0 aromatic carbocycles. The van der Waals surface area contributed by atoms with Gasteiger partial charge < -0.3 is 28.8 Å². The summed E-state index contributed by atoms with van der Waals surface area (Å²) in [5.41, 5.74) is -0.0861. The third-order valence-corrected chi connectivity index (χ3v) is 5.87. The van der Waals surface area contributed by atoms with E-state index in [9.17, 15) is 5.11 Å². The van der Waals surface area contributed by atoms with Crippen molar-refractivity contribution in [3.05, 3.63) is 23.6 Å². The van der Waals surface area contributed by atoms with Crippen molar-refractivity contribution in [3.8, 4) is 5.88 Å². The van der Waals surface area contributed by atoms with Crippen LogP contribution < -0.4 is 4.74 Å². The highest BCUT2D eigenvalue weighted by Crippen LogP contribution is 2.42. The molecule has 0 radical (unpaired) electrons. The third-order valence-electron chi connectivity index (χ3n) is 5.87. The van der Waals surface area contributed by atoms with Gasteiger partial charge >= 0.3 is 0 Å². The van der Waals surface area contributed by atoms with Crippen LogP contribution in [0.3, 0.4) is 0 Å². The first kappa shape index (κ1) is 28.9. The highest BCUT2D eigenvalue weighted by molar-refractivity contribution is 5.26. The van der Waals surface area contributed by atoms with E-state index < -0.39 is 30.0 Å². The Morgan fingerprint density at radius 2 is 1.53 bits per heavy atom. The summed E-state index contributed by atoms with van der Waals surface area (Å²) in [5.74, 6) is -2.72. The average molecular weight is 486 g/mol. The van der Waals surface area contributed by atoms with Gasteiger partial charge in [-0.15, -0.1) is 0 Å². The van der Waals surface area contributed by atoms with Crippen molar-refractivity contribution in [3.63, 3.8) is 0 Å². The molecule has 0 aliphatic carbocycles. The summed E-state index contributed by atoms with van der Waals surface area (Å²) < 4.78 is 44.8. The summed E-state index contributed by atoms with van der Waals surface area (Å²) in [6, 6.07) is 3.01. The van der Waals surface area contributed by atoms with Crippen LogP contribution in [-0.4, -0.2) is 61.4 Å². The fraction of sp³-hybridized carbons (Fsp3) is 0.808. The quantitative estimate of drug-likeness (QED) is 0.228. The van der Waals surface area contributed by atoms with Crippen molar-refractivity contribution in [1.29, 1.82) is 0 Å². The molecule has 0 saturated carbocycles. The van der Waals surface area contributed by atoms with Crippen LogP contribution >= 0.6 is 0 Å². The van der Waals surface area contributed by atoms with E-state index in [-0.39, 0.29) is 18.1 Å². The number of rotatable bonds is 18. The number of aliphatic hydroxyl groups is 1. The summed E-state index contributed by atoms with van der Waals surface area (Å²) >= 11 is 0. The first-order chi connectivity index (χ1) is 16.5. The fourth-order valence-electron chi connectivity index (χ4n) is 3.78. The molecule has 1 aromatic rings. The molecule has 2 heterocycles. The molecule has 1 fully saturated rings. The minimum atomic E-state index is -2.05. The zero-order valence-corrected chi connectivity index (χ0v) is 21.4. The van der Waals surface area contributed by atoms with Gasteiger partial charge in [0, 0.05) is 25.9 Å². The molecule has 196 valence electrons. The van der Waals surface area contributed by atoms with Crippen molar-refractivity contribution >= 4 is 0 Å². The first-order valence-corrected chi connectivity index (χ1v) is 13.0. The van der Waals surface area contributed by atoms with Crippen LogP contribution in [0.5, 0.6) is 5.88 Å². The zero-order valence-electron chi connectivity index (χ0n) is 21.4. The molecule has 8 heteroatoms. The predicted octanol–water partition coefficient (Wildman–Crippen LogP) is 5.13. The number of hydrogen-bond donors (Lipinski definition) is 1. The van der Waals surface area contributed by atoms with Crippen LogP contribution in [0.2, 0.25) is 0 Å². The minimum Gasteiger partial charge on any atom is -0.478 e. The van der Waals surface area contributed by atoms with Gasteiger partial charge in [0.05, 0.1) is 18.8 Å². The van der Waals surface area contributed by atoms with Crippen LogP contribution in [0.1, 0.15) is 84.6 Å². The summed E-state index contributed by atoms with van der Waals surface area (Å²) in [7, 11) is 0. The summed E-state index contributed by atoms with van der Waals surface area (Å²) in [5, 5.41) is 11.7. The van der Waals surface area contributed by atoms with Crippen LogP contribution in [0.25, 0.3) is 0 Å². The zero-order chi connectivity index (χ0) is 24.8. The molecule has 0 bridgehead atoms. The van der Waals surface area contributed by atoms with E-state index in [1.807, 2.05) is 6.92 Å². The Morgan fingerprint density at radius 3 is 2.18 bits per heavy atom. The maximum Gasteiger partial charge on any atom is 0.227 e. The maximum atomic E-state index is 15.2. The molecule has 2 unspecified atom stereocenters. The largest absolute Gasteiger partial charge is 0.478 e. The molecule has 4 atom stereocenters. The number of ether oxygens (including phenoxy) is 5. The van der Waals surface area contributed by atoms with Crippen LogP contribution in [0, 0.1) is 5.95 Å². The highest BCUT2D eigenvalue weighted by Gasteiger charge is 2.58. The third kappa shape index (κ3) is 8.12. The van der Waals surface area contributed by atoms with Crippen LogP contribution in [-0.2, 0) is 24.7 Å². The molecule has 0 spiro atoms. The highest BCUT2D eigenvalue weighted by atomic mass is 19.1. The second-order valence-electron chi connectivity index (χ2n) is 8.80. The Labute approximate surface area is 204 Å². The monoisotopic (exact) mass is 485 g/mol. The number of nitrogens with zero attached hydrogens (tertiary/aromatic N) is 1. The molecule has 2 rings (SSSR count). The molecule has 34 heavy (non-hydrogen) atoms. The van der Waals surface area contributed by atoms with E-state index in [1.165, 1.54) is 6.07 Å². The maximum absolute atomic E-state index is 15.2. The van der Waals surface area contributed by atoms with Gasteiger partial charge in [0.1, 0.15) is 18.3 Å². The summed E-state index contributed by atoms with van der Waals surface area (Å²) in [6.07, 6.45) is 5.18. The van der Waals surface area contributed by atoms with Crippen molar-refractivity contribution in [2.45, 2.75) is 103 Å². The van der Waals surface area contributed by atoms with Crippen molar-refractivity contribution in [1.82, 2.24) is 4.98 Å². The second-order valence-corrected chi connectivity index (χ2v) is 8.80. The van der Waals surface area contributed by atoms with Gasteiger partial charge in [-0.1, -0.05) is 53.4 Å². The normalized spacial score (nSPS) is 24.6. The molecule has 7 nitrogen and oxygen atoms in total. The predicted molar refractivity (Wildman–Crippen MR) is 128 cm³/mol. The molecule has 1 aliphatic rings.